The number of nitrogens with one attached hydrogen (secondary N) is 1. The monoisotopic (exact) mass is 564 g/mol. The summed E-state index contributed by atoms with van der Waals surface area (Å²) in [6, 6.07) is 3.98. The minimum atomic E-state index is -0.182. The van der Waals surface area contributed by atoms with Crippen molar-refractivity contribution >= 4 is 11.9 Å². The van der Waals surface area contributed by atoms with Crippen LogP contribution >= 0.6 is 0 Å². The van der Waals surface area contributed by atoms with E-state index in [2.05, 4.69) is 17.1 Å². The number of hydrogen-bond acceptors (Lipinski definition) is 9. The SMILES string of the molecule is CCCCCC(C(=O)OCC)C1CNCCN1Cc1ccc(OC)c(OC)c1OCCCCCCC(=O)OCC. The first-order chi connectivity index (χ1) is 19.5. The number of piperazine rings is 1. The number of rotatable bonds is 20. The minimum absolute atomic E-state index is 0.0324. The summed E-state index contributed by atoms with van der Waals surface area (Å²) in [6.07, 6.45) is 8.08. The van der Waals surface area contributed by atoms with Crippen molar-refractivity contribution in [2.75, 3.05) is 53.7 Å². The predicted octanol–water partition coefficient (Wildman–Crippen LogP) is 5.13. The molecule has 1 heterocycles. The van der Waals surface area contributed by atoms with Crippen LogP contribution in [0.25, 0.3) is 0 Å². The van der Waals surface area contributed by atoms with Gasteiger partial charge in [0.2, 0.25) is 5.75 Å². The van der Waals surface area contributed by atoms with Gasteiger partial charge in [-0.3, -0.25) is 14.5 Å². The molecule has 2 unspecified atom stereocenters. The lowest BCUT2D eigenvalue weighted by Crippen LogP contribution is -2.55. The first-order valence-corrected chi connectivity index (χ1v) is 15.1. The second kappa shape index (κ2) is 19.5. The van der Waals surface area contributed by atoms with Crippen molar-refractivity contribution in [1.82, 2.24) is 10.2 Å². The maximum atomic E-state index is 13.0. The van der Waals surface area contributed by atoms with Crippen LogP contribution in [0.2, 0.25) is 0 Å². The molecule has 0 amide bonds. The van der Waals surface area contributed by atoms with Crippen LogP contribution in [0.5, 0.6) is 17.2 Å². The molecule has 0 bridgehead atoms. The molecule has 9 nitrogen and oxygen atoms in total. The molecule has 1 aliphatic rings. The molecule has 1 aliphatic heterocycles. The molecule has 228 valence electrons. The quantitative estimate of drug-likeness (QED) is 0.171. The topological polar surface area (TPSA) is 95.6 Å². The molecule has 2 rings (SSSR count). The van der Waals surface area contributed by atoms with Gasteiger partial charge in [-0.25, -0.2) is 0 Å². The first-order valence-electron chi connectivity index (χ1n) is 15.1. The lowest BCUT2D eigenvalue weighted by atomic mass is 9.90. The van der Waals surface area contributed by atoms with E-state index in [9.17, 15) is 9.59 Å². The van der Waals surface area contributed by atoms with Gasteiger partial charge in [-0.2, -0.15) is 0 Å². The second-order valence-corrected chi connectivity index (χ2v) is 10.2. The Morgan fingerprint density at radius 3 is 2.42 bits per heavy atom. The van der Waals surface area contributed by atoms with Gasteiger partial charge in [0.15, 0.2) is 11.5 Å². The van der Waals surface area contributed by atoms with Crippen LogP contribution in [-0.4, -0.2) is 76.6 Å². The van der Waals surface area contributed by atoms with E-state index in [1.54, 1.807) is 14.2 Å². The summed E-state index contributed by atoms with van der Waals surface area (Å²) in [4.78, 5) is 27.0. The Morgan fingerprint density at radius 2 is 1.73 bits per heavy atom. The zero-order valence-corrected chi connectivity index (χ0v) is 25.4. The highest BCUT2D eigenvalue weighted by molar-refractivity contribution is 5.73. The zero-order valence-electron chi connectivity index (χ0n) is 25.4. The number of esters is 2. The van der Waals surface area contributed by atoms with Gasteiger partial charge in [0.05, 0.1) is 40.0 Å². The highest BCUT2D eigenvalue weighted by atomic mass is 16.5. The van der Waals surface area contributed by atoms with Crippen molar-refractivity contribution in [1.29, 1.82) is 0 Å². The van der Waals surface area contributed by atoms with Crippen molar-refractivity contribution in [3.63, 3.8) is 0 Å². The average molecular weight is 565 g/mol. The highest BCUT2D eigenvalue weighted by Crippen LogP contribution is 2.41. The first kappa shape index (κ1) is 33.7. The molecular weight excluding hydrogens is 512 g/mol. The number of unbranched alkanes of at least 4 members (excludes halogenated alkanes) is 5. The summed E-state index contributed by atoms with van der Waals surface area (Å²) in [7, 11) is 3.25. The van der Waals surface area contributed by atoms with Gasteiger partial charge in [0, 0.05) is 44.2 Å². The van der Waals surface area contributed by atoms with Crippen LogP contribution in [0.15, 0.2) is 12.1 Å². The number of carbonyl (C=O) groups is 2. The summed E-state index contributed by atoms with van der Waals surface area (Å²) in [5, 5.41) is 3.49. The maximum absolute atomic E-state index is 13.0. The molecule has 2 atom stereocenters. The standard InChI is InChI=1S/C31H52N2O7/c1-6-9-12-15-25(31(35)39-8-3)26-22-32-19-20-33(26)23-24-17-18-27(36-4)30(37-5)29(24)40-21-14-11-10-13-16-28(34)38-7-2/h17-18,25-26,32H,6-16,19-23H2,1-5H3. The fourth-order valence-corrected chi connectivity index (χ4v) is 5.26. The van der Waals surface area contributed by atoms with Gasteiger partial charge >= 0.3 is 11.9 Å². The average Bonchev–Trinajstić information content (AvgIpc) is 2.96. The van der Waals surface area contributed by atoms with Crippen LogP contribution < -0.4 is 19.5 Å². The third-order valence-corrected chi connectivity index (χ3v) is 7.35. The molecule has 1 fully saturated rings. The molecule has 0 saturated carbocycles. The molecular formula is C31H52N2O7. The van der Waals surface area contributed by atoms with E-state index in [1.165, 1.54) is 0 Å². The van der Waals surface area contributed by atoms with Crippen molar-refractivity contribution in [2.45, 2.75) is 91.1 Å². The van der Waals surface area contributed by atoms with Crippen molar-refractivity contribution in [2.24, 2.45) is 5.92 Å². The second-order valence-electron chi connectivity index (χ2n) is 10.2. The predicted molar refractivity (Wildman–Crippen MR) is 156 cm³/mol. The lowest BCUT2D eigenvalue weighted by Gasteiger charge is -2.40. The van der Waals surface area contributed by atoms with Gasteiger partial charge in [-0.15, -0.1) is 0 Å². The number of hydrogen-bond donors (Lipinski definition) is 1. The van der Waals surface area contributed by atoms with Gasteiger partial charge in [0.1, 0.15) is 0 Å². The van der Waals surface area contributed by atoms with Gasteiger partial charge in [-0.1, -0.05) is 45.1 Å². The van der Waals surface area contributed by atoms with E-state index in [0.717, 1.165) is 76.6 Å². The third-order valence-electron chi connectivity index (χ3n) is 7.35. The maximum Gasteiger partial charge on any atom is 0.310 e. The van der Waals surface area contributed by atoms with E-state index >= 15 is 0 Å². The van der Waals surface area contributed by atoms with Crippen LogP contribution in [0.1, 0.15) is 84.1 Å². The fraction of sp³-hybridized carbons (Fsp3) is 0.742. The van der Waals surface area contributed by atoms with E-state index in [0.29, 0.717) is 50.0 Å². The van der Waals surface area contributed by atoms with E-state index < -0.39 is 0 Å². The van der Waals surface area contributed by atoms with Crippen molar-refractivity contribution in [3.05, 3.63) is 17.7 Å². The van der Waals surface area contributed by atoms with E-state index in [1.807, 2.05) is 26.0 Å². The number of methoxy groups -OCH3 is 2. The largest absolute Gasteiger partial charge is 0.493 e. The molecule has 0 spiro atoms. The van der Waals surface area contributed by atoms with Crippen LogP contribution in [0, 0.1) is 5.92 Å². The van der Waals surface area contributed by atoms with Gasteiger partial charge < -0.3 is 29.0 Å². The summed E-state index contributed by atoms with van der Waals surface area (Å²) in [5.41, 5.74) is 1.00. The van der Waals surface area contributed by atoms with E-state index in [4.69, 9.17) is 23.7 Å². The minimum Gasteiger partial charge on any atom is -0.493 e. The van der Waals surface area contributed by atoms with Crippen LogP contribution in [-0.2, 0) is 25.6 Å². The summed E-state index contributed by atoms with van der Waals surface area (Å²) >= 11 is 0. The summed E-state index contributed by atoms with van der Waals surface area (Å²) in [5.74, 6) is 1.47. The number of ether oxygens (including phenoxy) is 5. The summed E-state index contributed by atoms with van der Waals surface area (Å²) in [6.45, 7) is 10.3. The molecule has 1 aromatic carbocycles. The Balaban J connectivity index is 2.14. The zero-order chi connectivity index (χ0) is 29.2. The van der Waals surface area contributed by atoms with Gasteiger partial charge in [0.25, 0.3) is 0 Å². The smallest absolute Gasteiger partial charge is 0.310 e. The highest BCUT2D eigenvalue weighted by Gasteiger charge is 2.35. The normalized spacial score (nSPS) is 16.3. The van der Waals surface area contributed by atoms with E-state index in [-0.39, 0.29) is 23.9 Å². The molecule has 9 heteroatoms. The Kier molecular flexibility index (Phi) is 16.5. The number of carbonyl (C=O) groups excluding carboxylic acids is 2. The van der Waals surface area contributed by atoms with Gasteiger partial charge in [-0.05, 0) is 39.2 Å². The molecule has 40 heavy (non-hydrogen) atoms. The Labute approximate surface area is 241 Å². The Bertz CT molecular complexity index is 879. The fourth-order valence-electron chi connectivity index (χ4n) is 5.26. The summed E-state index contributed by atoms with van der Waals surface area (Å²) < 4.78 is 28.2. The molecule has 0 aliphatic carbocycles. The van der Waals surface area contributed by atoms with Crippen LogP contribution in [0.4, 0.5) is 0 Å². The third kappa shape index (κ3) is 10.8. The van der Waals surface area contributed by atoms with Crippen molar-refractivity contribution in [3.8, 4) is 17.2 Å². The van der Waals surface area contributed by atoms with Crippen LogP contribution in [0.3, 0.4) is 0 Å². The molecule has 1 N–H and O–H groups in total. The lowest BCUT2D eigenvalue weighted by molar-refractivity contribution is -0.151. The number of nitrogens with zero attached hydrogens (tertiary/aromatic N) is 1. The number of benzene rings is 1. The molecule has 1 saturated heterocycles. The molecule has 0 radical (unpaired) electrons. The van der Waals surface area contributed by atoms with Crippen molar-refractivity contribution < 1.29 is 33.3 Å². The molecule has 0 aromatic heterocycles. The Hall–Kier alpha value is -2.52. The Morgan fingerprint density at radius 1 is 0.950 bits per heavy atom. The molecule has 1 aromatic rings.